The lowest BCUT2D eigenvalue weighted by atomic mass is 10.1. The fourth-order valence-corrected chi connectivity index (χ4v) is 11.1. The molecule has 0 saturated heterocycles. The summed E-state index contributed by atoms with van der Waals surface area (Å²) in [6, 6.07) is 0. The van der Waals surface area contributed by atoms with Gasteiger partial charge in [-0.05, 0) is 141 Å². The Morgan fingerprint density at radius 3 is 0.859 bits per heavy atom. The van der Waals surface area contributed by atoms with Gasteiger partial charge in [-0.3, -0.25) is 32.5 Å². The molecule has 0 spiro atoms. The first kappa shape index (κ1) is 94.2. The minimum Gasteiger partial charge on any atom is -0.463 e. The molecule has 0 bridgehead atoms. The SMILES string of the molecule is CC/C=C\C/C=C\C/C=C\C/C=C\C/C=C\C/C=C\CCCCCCCCCCCCC(=O)OCC(O)COP(=O)(O)OCC(O)COP(=O)(O)OCC(COC(=O)CCCCCC/C=C\C/C=C\C/C=C\C/C=C\C/C=C\C/C=C\CC)OC(=O)CCCCCCC/C=C\CCCC. The minimum absolute atomic E-state index is 0.0834. The Morgan fingerprint density at radius 2 is 0.535 bits per heavy atom. The van der Waals surface area contributed by atoms with Gasteiger partial charge in [0.1, 0.15) is 25.4 Å². The van der Waals surface area contributed by atoms with Crippen molar-refractivity contribution >= 4 is 33.6 Å². The minimum atomic E-state index is -4.94. The number of aliphatic hydroxyl groups is 2. The third kappa shape index (κ3) is 74.2. The Balaban J connectivity index is 4.51. The van der Waals surface area contributed by atoms with Crippen molar-refractivity contribution in [2.75, 3.05) is 39.6 Å². The lowest BCUT2D eigenvalue weighted by Crippen LogP contribution is -2.30. The van der Waals surface area contributed by atoms with Crippen molar-refractivity contribution < 1.29 is 75.8 Å². The predicted molar refractivity (Wildman–Crippen MR) is 408 cm³/mol. The Bertz CT molecular complexity index is 2430. The molecule has 0 rings (SSSR count). The summed E-state index contributed by atoms with van der Waals surface area (Å²) in [6.07, 6.45) is 90.2. The van der Waals surface area contributed by atoms with Crippen LogP contribution in [-0.2, 0) is 55.8 Å². The van der Waals surface area contributed by atoms with Crippen LogP contribution in [0.5, 0.6) is 0 Å². The summed E-state index contributed by atoms with van der Waals surface area (Å²) in [4.78, 5) is 58.5. The predicted octanol–water partition coefficient (Wildman–Crippen LogP) is 21.9. The van der Waals surface area contributed by atoms with Gasteiger partial charge in [-0.15, -0.1) is 0 Å². The molecule has 16 nitrogen and oxygen atoms in total. The van der Waals surface area contributed by atoms with E-state index in [-0.39, 0.29) is 19.3 Å². The molecule has 0 aliphatic rings. The zero-order valence-electron chi connectivity index (χ0n) is 61.4. The Labute approximate surface area is 600 Å². The van der Waals surface area contributed by atoms with Gasteiger partial charge >= 0.3 is 33.6 Å². The molecule has 5 unspecified atom stereocenters. The molecule has 0 heterocycles. The van der Waals surface area contributed by atoms with Gasteiger partial charge in [0.25, 0.3) is 0 Å². The number of phosphoric acid groups is 2. The van der Waals surface area contributed by atoms with Crippen LogP contribution in [-0.4, -0.2) is 95.9 Å². The van der Waals surface area contributed by atoms with E-state index in [1.165, 1.54) is 44.9 Å². The summed E-state index contributed by atoms with van der Waals surface area (Å²) >= 11 is 0. The topological polar surface area (TPSA) is 231 Å². The van der Waals surface area contributed by atoms with Crippen LogP contribution >= 0.6 is 15.6 Å². The first-order valence-electron chi connectivity index (χ1n) is 37.8. The molecule has 0 aromatic rings. The van der Waals surface area contributed by atoms with E-state index in [0.717, 1.165) is 173 Å². The number of phosphoric ester groups is 2. The molecule has 0 radical (unpaired) electrons. The van der Waals surface area contributed by atoms with E-state index in [1.807, 2.05) is 0 Å². The third-order valence-electron chi connectivity index (χ3n) is 15.2. The number of carbonyl (C=O) groups excluding carboxylic acids is 3. The molecule has 99 heavy (non-hydrogen) atoms. The van der Waals surface area contributed by atoms with E-state index >= 15 is 0 Å². The molecular weight excluding hydrogens is 1290 g/mol. The number of carbonyl (C=O) groups is 3. The highest BCUT2D eigenvalue weighted by Gasteiger charge is 2.29. The van der Waals surface area contributed by atoms with Crippen LogP contribution < -0.4 is 0 Å². The molecule has 18 heteroatoms. The van der Waals surface area contributed by atoms with Crippen molar-refractivity contribution in [1.82, 2.24) is 0 Å². The van der Waals surface area contributed by atoms with E-state index in [1.54, 1.807) is 0 Å². The van der Waals surface area contributed by atoms with Crippen LogP contribution in [0.3, 0.4) is 0 Å². The molecule has 0 aliphatic heterocycles. The van der Waals surface area contributed by atoms with E-state index in [9.17, 15) is 43.5 Å². The van der Waals surface area contributed by atoms with Crippen molar-refractivity contribution in [3.63, 3.8) is 0 Å². The average molecular weight is 1430 g/mol. The Hall–Kier alpha value is -4.83. The van der Waals surface area contributed by atoms with Crippen LogP contribution in [0.15, 0.2) is 158 Å². The molecule has 5 atom stereocenters. The van der Waals surface area contributed by atoms with Crippen molar-refractivity contribution in [1.29, 1.82) is 0 Å². The fourth-order valence-electron chi connectivity index (χ4n) is 9.50. The summed E-state index contributed by atoms with van der Waals surface area (Å²) in [7, 11) is -9.80. The number of aliphatic hydroxyl groups excluding tert-OH is 2. The number of esters is 3. The highest BCUT2D eigenvalue weighted by molar-refractivity contribution is 7.47. The summed E-state index contributed by atoms with van der Waals surface area (Å²) in [6.45, 7) is 2.34. The standard InChI is InChI=1S/C81H134O16P2/c1-4-7-10-13-16-19-22-24-26-28-30-32-34-35-36-37-38-39-41-43-44-46-48-50-53-55-58-61-64-67-79(84)91-70-76(82)71-93-98(87,88)94-72-77(83)73-95-99(89,90)96-75-78(97-81(86)69-66-63-60-57-52-21-18-15-12-9-6-3)74-92-80(85)68-65-62-59-56-54-51-49-47-45-42-40-33-31-29-27-25-23-20-17-14-11-8-5-2/h7-8,10-11,15-20,24-27,30-33,35-36,38-39,42,45,49,51,76-78,82-83H,4-6,9,12-14,21-23,28-29,34,37,40-41,43-44,46-48,50,52-75H2,1-3H3,(H,87,88)(H,89,90)/b10-7-,11-8-,18-15-,19-16-,20-17-,26-24-,27-25-,32-30-,33-31-,36-35-,39-38-,45-42-,51-49-. The fraction of sp³-hybridized carbons (Fsp3) is 0.642. The van der Waals surface area contributed by atoms with Crippen LogP contribution in [0, 0.1) is 0 Å². The lowest BCUT2D eigenvalue weighted by Gasteiger charge is -2.21. The zero-order valence-corrected chi connectivity index (χ0v) is 63.1. The van der Waals surface area contributed by atoms with E-state index < -0.39 is 91.5 Å². The molecule has 0 aromatic carbocycles. The van der Waals surface area contributed by atoms with Crippen molar-refractivity contribution in [2.24, 2.45) is 0 Å². The summed E-state index contributed by atoms with van der Waals surface area (Å²) in [5, 5.41) is 20.6. The molecule has 4 N–H and O–H groups in total. The smallest absolute Gasteiger partial charge is 0.463 e. The molecule has 0 fully saturated rings. The molecule has 0 aromatic heterocycles. The maximum atomic E-state index is 12.9. The van der Waals surface area contributed by atoms with Gasteiger partial charge < -0.3 is 34.2 Å². The zero-order chi connectivity index (χ0) is 72.3. The summed E-state index contributed by atoms with van der Waals surface area (Å²) in [5.41, 5.74) is 0. The highest BCUT2D eigenvalue weighted by atomic mass is 31.2. The second kappa shape index (κ2) is 72.9. The van der Waals surface area contributed by atoms with Gasteiger partial charge in [-0.25, -0.2) is 9.13 Å². The van der Waals surface area contributed by atoms with Crippen LogP contribution in [0.1, 0.15) is 278 Å². The number of unbranched alkanes of at least 4 members (excludes halogenated alkanes) is 21. The molecule has 564 valence electrons. The summed E-state index contributed by atoms with van der Waals surface area (Å²) < 4.78 is 60.9. The van der Waals surface area contributed by atoms with Crippen LogP contribution in [0.2, 0.25) is 0 Å². The van der Waals surface area contributed by atoms with Crippen molar-refractivity contribution in [3.8, 4) is 0 Å². The lowest BCUT2D eigenvalue weighted by molar-refractivity contribution is -0.161. The van der Waals surface area contributed by atoms with Gasteiger partial charge in [-0.2, -0.15) is 0 Å². The van der Waals surface area contributed by atoms with Gasteiger partial charge in [0.2, 0.25) is 0 Å². The molecular formula is C81H134O16P2. The first-order valence-corrected chi connectivity index (χ1v) is 40.8. The Morgan fingerprint density at radius 1 is 0.293 bits per heavy atom. The first-order chi connectivity index (χ1) is 48.2. The molecule has 0 amide bonds. The highest BCUT2D eigenvalue weighted by Crippen LogP contribution is 2.45. The monoisotopic (exact) mass is 1420 g/mol. The van der Waals surface area contributed by atoms with E-state index in [2.05, 4.69) is 179 Å². The largest absolute Gasteiger partial charge is 0.472 e. The van der Waals surface area contributed by atoms with E-state index in [0.29, 0.717) is 19.3 Å². The van der Waals surface area contributed by atoms with Gasteiger partial charge in [0.05, 0.1) is 26.4 Å². The number of hydrogen-bond acceptors (Lipinski definition) is 14. The van der Waals surface area contributed by atoms with Crippen molar-refractivity contribution in [3.05, 3.63) is 158 Å². The second-order valence-electron chi connectivity index (χ2n) is 24.7. The maximum absolute atomic E-state index is 12.9. The maximum Gasteiger partial charge on any atom is 0.472 e. The normalized spacial score (nSPS) is 14.9. The van der Waals surface area contributed by atoms with E-state index in [4.69, 9.17) is 32.3 Å². The van der Waals surface area contributed by atoms with Crippen LogP contribution in [0.25, 0.3) is 0 Å². The second-order valence-corrected chi connectivity index (χ2v) is 27.6. The van der Waals surface area contributed by atoms with Gasteiger partial charge in [0, 0.05) is 19.3 Å². The average Bonchev–Trinajstić information content (AvgIpc) is 1.26. The van der Waals surface area contributed by atoms with Gasteiger partial charge in [-0.1, -0.05) is 275 Å². The number of allylic oxidation sites excluding steroid dienone is 26. The molecule has 0 aliphatic carbocycles. The molecule has 0 saturated carbocycles. The number of rotatable bonds is 70. The third-order valence-corrected chi connectivity index (χ3v) is 17.1. The summed E-state index contributed by atoms with van der Waals surface area (Å²) in [5.74, 6) is -1.63. The van der Waals surface area contributed by atoms with Gasteiger partial charge in [0.15, 0.2) is 6.10 Å². The number of hydrogen-bond donors (Lipinski definition) is 4. The van der Waals surface area contributed by atoms with Crippen molar-refractivity contribution in [2.45, 2.75) is 296 Å². The van der Waals surface area contributed by atoms with Crippen LogP contribution in [0.4, 0.5) is 0 Å². The number of ether oxygens (including phenoxy) is 3. The Kier molecular flexibility index (Phi) is 69.4. The quantitative estimate of drug-likeness (QED) is 0.0146.